The predicted octanol–water partition coefficient (Wildman–Crippen LogP) is 20.5. The van der Waals surface area contributed by atoms with E-state index < -0.39 is 26.6 Å². The first-order chi connectivity index (χ1) is 38.9. The molecule has 466 valence electrons. The minimum atomic E-state index is -4.71. The maximum Gasteiger partial charge on any atom is 0.306 e. The molecule has 0 saturated carbocycles. The lowest BCUT2D eigenvalue weighted by Crippen LogP contribution is -2.47. The average molecular weight is 1140 g/mol. The Morgan fingerprint density at radius 3 is 1.18 bits per heavy atom. The van der Waals surface area contributed by atoms with Gasteiger partial charge in [-0.2, -0.15) is 0 Å². The molecule has 9 nitrogen and oxygen atoms in total. The number of phosphoric ester groups is 1. The number of quaternary nitrogens is 1. The summed E-state index contributed by atoms with van der Waals surface area (Å²) < 4.78 is 30.4. The quantitative estimate of drug-likeness (QED) is 0.0212. The van der Waals surface area contributed by atoms with E-state index in [0.717, 1.165) is 89.9 Å². The summed E-state index contributed by atoms with van der Waals surface area (Å²) in [6.07, 6.45) is 77.3. The molecule has 3 unspecified atom stereocenters. The first kappa shape index (κ1) is 77.5. The Labute approximate surface area is 495 Å². The van der Waals surface area contributed by atoms with Gasteiger partial charge in [0.05, 0.1) is 33.8 Å². The number of hydrogen-bond donors (Lipinski definition) is 1. The van der Waals surface area contributed by atoms with Gasteiger partial charge >= 0.3 is 5.97 Å². The molecule has 0 aromatic rings. The highest BCUT2D eigenvalue weighted by atomic mass is 31.2. The van der Waals surface area contributed by atoms with Crippen molar-refractivity contribution in [3.05, 3.63) is 72.9 Å². The summed E-state index contributed by atoms with van der Waals surface area (Å²) in [6.45, 7) is 6.82. The topological polar surface area (TPSA) is 114 Å². The molecule has 0 aromatic heterocycles. The highest BCUT2D eigenvalue weighted by molar-refractivity contribution is 7.45. The number of phosphoric acid groups is 1. The van der Waals surface area contributed by atoms with Gasteiger partial charge in [0.1, 0.15) is 19.3 Å². The minimum Gasteiger partial charge on any atom is -0.756 e. The molecule has 0 bridgehead atoms. The molecule has 0 aromatic carbocycles. The largest absolute Gasteiger partial charge is 0.756 e. The first-order valence-electron chi connectivity index (χ1n) is 33.7. The zero-order chi connectivity index (χ0) is 58.6. The molecule has 0 saturated heterocycles. The zero-order valence-electron chi connectivity index (χ0n) is 53.3. The third kappa shape index (κ3) is 60.1. The number of rotatable bonds is 61. The third-order valence-electron chi connectivity index (χ3n) is 14.9. The number of allylic oxidation sites excluding steroid dienone is 11. The van der Waals surface area contributed by atoms with E-state index >= 15 is 0 Å². The highest BCUT2D eigenvalue weighted by Gasteiger charge is 2.27. The first-order valence-corrected chi connectivity index (χ1v) is 35.2. The van der Waals surface area contributed by atoms with Crippen LogP contribution in [-0.4, -0.2) is 69.4 Å². The molecule has 80 heavy (non-hydrogen) atoms. The average Bonchev–Trinajstić information content (AvgIpc) is 3.42. The normalized spacial score (nSPS) is 14.0. The fourth-order valence-corrected chi connectivity index (χ4v) is 10.3. The molecule has 0 aliphatic heterocycles. The van der Waals surface area contributed by atoms with E-state index in [4.69, 9.17) is 13.8 Å². The molecule has 0 aliphatic rings. The predicted molar refractivity (Wildman–Crippen MR) is 344 cm³/mol. The number of amides is 1. The molecule has 0 aliphatic carbocycles. The number of likely N-dealkylation sites (N-methyl/N-ethyl adjacent to an activating group) is 1. The second kappa shape index (κ2) is 59.6. The van der Waals surface area contributed by atoms with Gasteiger partial charge in [0.25, 0.3) is 7.82 Å². The van der Waals surface area contributed by atoms with Crippen LogP contribution in [0.15, 0.2) is 72.9 Å². The fourth-order valence-electron chi connectivity index (χ4n) is 9.62. The van der Waals surface area contributed by atoms with Crippen molar-refractivity contribution in [1.82, 2.24) is 5.32 Å². The van der Waals surface area contributed by atoms with E-state index in [1.54, 1.807) is 0 Å². The number of unbranched alkanes of at least 4 members (excludes halogenated alkanes) is 35. The van der Waals surface area contributed by atoms with Gasteiger partial charge in [-0.1, -0.05) is 267 Å². The molecule has 1 N–H and O–H groups in total. The molecule has 0 rings (SSSR count). The van der Waals surface area contributed by atoms with Crippen LogP contribution in [0.2, 0.25) is 0 Å². The van der Waals surface area contributed by atoms with Crippen molar-refractivity contribution in [3.8, 4) is 0 Å². The van der Waals surface area contributed by atoms with Crippen molar-refractivity contribution < 1.29 is 37.3 Å². The highest BCUT2D eigenvalue weighted by Crippen LogP contribution is 2.38. The van der Waals surface area contributed by atoms with Crippen molar-refractivity contribution in [2.45, 2.75) is 322 Å². The van der Waals surface area contributed by atoms with E-state index in [0.29, 0.717) is 23.9 Å². The summed E-state index contributed by atoms with van der Waals surface area (Å²) >= 11 is 0. The Balaban J connectivity index is 5.19. The monoisotopic (exact) mass is 1140 g/mol. The van der Waals surface area contributed by atoms with E-state index in [1.165, 1.54) is 180 Å². The molecule has 0 heterocycles. The molecule has 3 atom stereocenters. The smallest absolute Gasteiger partial charge is 0.306 e. The van der Waals surface area contributed by atoms with Crippen LogP contribution in [0.4, 0.5) is 0 Å². The Morgan fingerprint density at radius 2 is 0.762 bits per heavy atom. The molecule has 1 amide bonds. The van der Waals surface area contributed by atoms with Gasteiger partial charge < -0.3 is 28.5 Å². The lowest BCUT2D eigenvalue weighted by Gasteiger charge is -2.30. The van der Waals surface area contributed by atoms with Gasteiger partial charge in [-0.25, -0.2) is 0 Å². The summed E-state index contributed by atoms with van der Waals surface area (Å²) in [5.74, 6) is -0.556. The van der Waals surface area contributed by atoms with Crippen LogP contribution in [-0.2, 0) is 27.9 Å². The van der Waals surface area contributed by atoms with Gasteiger partial charge in [-0.3, -0.25) is 14.2 Å². The SMILES string of the molecule is CCCCC/C=C\C/C=C\C/C=C\C/C=C\CCCCCCCC(=O)NC(COP(=O)([O-])OCC[N+](C)(C)C)C(/C=C/CCCCCCCCCCCC)OC(=O)CCCCCCCCCCCCC/C=C/CCCCCCCC. The Hall–Kier alpha value is -2.55. The molecule has 10 heteroatoms. The van der Waals surface area contributed by atoms with Gasteiger partial charge in [-0.15, -0.1) is 0 Å². The summed E-state index contributed by atoms with van der Waals surface area (Å²) in [5.41, 5.74) is 0. The lowest BCUT2D eigenvalue weighted by molar-refractivity contribution is -0.870. The summed E-state index contributed by atoms with van der Waals surface area (Å²) in [7, 11) is 1.17. The molecule has 0 radical (unpaired) electrons. The van der Waals surface area contributed by atoms with Gasteiger partial charge in [-0.05, 0) is 102 Å². The zero-order valence-corrected chi connectivity index (χ0v) is 54.2. The molecule has 0 fully saturated rings. The standard InChI is InChI=1S/C70H129N2O7P/c1-7-10-13-16-19-22-25-28-30-32-34-36-38-40-42-44-47-50-53-56-59-62-69(73)71-67(66-78-80(75,76)77-65-64-72(4,5)6)68(61-58-55-52-49-46-27-24-21-18-15-12-9-3)79-70(74)63-60-57-54-51-48-45-43-41-39-37-35-33-31-29-26-23-20-17-14-11-8-2/h19,22,28-31,34,36,40,42,58,61,67-68H,7-18,20-21,23-27,32-33,35,37-39,41,43-57,59-60,62-66H2,1-6H3,(H-,71,73,75,76)/b22-19-,30-28-,31-29+,36-34-,42-40-,61-58+. The van der Waals surface area contributed by atoms with Crippen LogP contribution in [0.25, 0.3) is 0 Å². The minimum absolute atomic E-state index is 0.0281. The van der Waals surface area contributed by atoms with Crippen molar-refractivity contribution in [1.29, 1.82) is 0 Å². The maximum atomic E-state index is 13.6. The van der Waals surface area contributed by atoms with E-state index in [-0.39, 0.29) is 24.9 Å². The van der Waals surface area contributed by atoms with Crippen LogP contribution in [0.5, 0.6) is 0 Å². The summed E-state index contributed by atoms with van der Waals surface area (Å²) in [4.78, 5) is 40.1. The Bertz CT molecular complexity index is 1600. The number of hydrogen-bond acceptors (Lipinski definition) is 7. The van der Waals surface area contributed by atoms with Crippen molar-refractivity contribution >= 4 is 19.7 Å². The Morgan fingerprint density at radius 1 is 0.438 bits per heavy atom. The van der Waals surface area contributed by atoms with E-state index in [9.17, 15) is 19.0 Å². The number of carbonyl (C=O) groups excluding carboxylic acids is 2. The van der Waals surface area contributed by atoms with E-state index in [2.05, 4.69) is 86.8 Å². The molecular weight excluding hydrogens is 1010 g/mol. The number of nitrogens with zero attached hydrogens (tertiary/aromatic N) is 1. The number of nitrogens with one attached hydrogen (secondary N) is 1. The van der Waals surface area contributed by atoms with Crippen molar-refractivity contribution in [2.75, 3.05) is 40.9 Å². The number of carbonyl (C=O) groups is 2. The van der Waals surface area contributed by atoms with Crippen molar-refractivity contribution in [2.24, 2.45) is 0 Å². The summed E-state index contributed by atoms with van der Waals surface area (Å²) in [5, 5.41) is 3.03. The van der Waals surface area contributed by atoms with E-state index in [1.807, 2.05) is 33.3 Å². The molecule has 0 spiro atoms. The number of esters is 1. The van der Waals surface area contributed by atoms with Crippen LogP contribution in [0.1, 0.15) is 310 Å². The van der Waals surface area contributed by atoms with Gasteiger partial charge in [0.15, 0.2) is 0 Å². The van der Waals surface area contributed by atoms with Crippen LogP contribution in [0.3, 0.4) is 0 Å². The second-order valence-corrected chi connectivity index (χ2v) is 25.4. The number of ether oxygens (including phenoxy) is 1. The second-order valence-electron chi connectivity index (χ2n) is 24.0. The van der Waals surface area contributed by atoms with Crippen LogP contribution < -0.4 is 10.2 Å². The van der Waals surface area contributed by atoms with Gasteiger partial charge in [0.2, 0.25) is 5.91 Å². The fraction of sp³-hybridized carbons (Fsp3) is 0.800. The van der Waals surface area contributed by atoms with Crippen LogP contribution >= 0.6 is 7.82 Å². The van der Waals surface area contributed by atoms with Crippen molar-refractivity contribution in [3.63, 3.8) is 0 Å². The maximum absolute atomic E-state index is 13.6. The third-order valence-corrected chi connectivity index (χ3v) is 15.8. The Kier molecular flexibility index (Phi) is 57.7. The van der Waals surface area contributed by atoms with Crippen LogP contribution in [0, 0.1) is 0 Å². The summed E-state index contributed by atoms with van der Waals surface area (Å²) in [6, 6.07) is -0.901. The molecular formula is C70H129N2O7P. The lowest BCUT2D eigenvalue weighted by atomic mass is 10.0. The van der Waals surface area contributed by atoms with Gasteiger partial charge in [0, 0.05) is 12.8 Å².